The first-order valence-corrected chi connectivity index (χ1v) is 9.54. The summed E-state index contributed by atoms with van der Waals surface area (Å²) in [5.41, 5.74) is 0.204. The third kappa shape index (κ3) is 4.99. The predicted octanol–water partition coefficient (Wildman–Crippen LogP) is 3.23. The summed E-state index contributed by atoms with van der Waals surface area (Å²) in [6.45, 7) is 2.77. The van der Waals surface area contributed by atoms with Gasteiger partial charge in [0.25, 0.3) is 5.91 Å². The van der Waals surface area contributed by atoms with Crippen molar-refractivity contribution >= 4 is 29.1 Å². The van der Waals surface area contributed by atoms with Gasteiger partial charge in [0.05, 0.1) is 18.2 Å². The van der Waals surface area contributed by atoms with Gasteiger partial charge in [0.2, 0.25) is 0 Å². The van der Waals surface area contributed by atoms with Crippen LogP contribution in [0.15, 0.2) is 24.5 Å². The van der Waals surface area contributed by atoms with Gasteiger partial charge in [-0.05, 0) is 25.0 Å². The lowest BCUT2D eigenvalue weighted by Crippen LogP contribution is -2.39. The van der Waals surface area contributed by atoms with Gasteiger partial charge in [0.1, 0.15) is 23.4 Å². The molecule has 7 nitrogen and oxygen atoms in total. The Hall–Kier alpha value is -1.67. The Kier molecular flexibility index (Phi) is 7.07. The van der Waals surface area contributed by atoms with Crippen molar-refractivity contribution in [1.82, 2.24) is 19.4 Å². The van der Waals surface area contributed by atoms with E-state index in [9.17, 15) is 4.79 Å². The first-order valence-electron chi connectivity index (χ1n) is 8.79. The number of hydrogen-bond acceptors (Lipinski definition) is 5. The van der Waals surface area contributed by atoms with Gasteiger partial charge in [-0.15, -0.1) is 0 Å². The van der Waals surface area contributed by atoms with E-state index in [0.717, 1.165) is 18.7 Å². The molecule has 2 aromatic heterocycles. The second kappa shape index (κ2) is 9.50. The molecule has 1 aliphatic heterocycles. The number of carbonyl (C=O) groups excluding carboxylic acids is 1. The molecule has 3 heterocycles. The molecule has 146 valence electrons. The fraction of sp³-hybridized carbons (Fsp3) is 0.500. The van der Waals surface area contributed by atoms with Crippen molar-refractivity contribution in [2.45, 2.75) is 25.5 Å². The molecule has 1 fully saturated rings. The van der Waals surface area contributed by atoms with Gasteiger partial charge in [-0.2, -0.15) is 0 Å². The van der Waals surface area contributed by atoms with Crippen molar-refractivity contribution in [2.75, 3.05) is 33.4 Å². The van der Waals surface area contributed by atoms with E-state index in [1.54, 1.807) is 30.3 Å². The first-order chi connectivity index (χ1) is 13.1. The number of rotatable bonds is 7. The molecule has 0 N–H and O–H groups in total. The van der Waals surface area contributed by atoms with Crippen LogP contribution in [0.1, 0.15) is 35.1 Å². The maximum Gasteiger partial charge on any atom is 0.274 e. The van der Waals surface area contributed by atoms with E-state index in [1.165, 1.54) is 0 Å². The number of likely N-dealkylation sites (tertiary alicyclic amines) is 1. The van der Waals surface area contributed by atoms with Gasteiger partial charge in [0, 0.05) is 38.5 Å². The molecule has 2 aromatic rings. The molecule has 0 atom stereocenters. The molecular formula is C18H22Cl2N4O3. The summed E-state index contributed by atoms with van der Waals surface area (Å²) in [7, 11) is 1.65. The monoisotopic (exact) mass is 412 g/mol. The summed E-state index contributed by atoms with van der Waals surface area (Å²) in [6, 6.07) is 3.17. The normalized spacial score (nSPS) is 15.3. The van der Waals surface area contributed by atoms with Gasteiger partial charge in [0.15, 0.2) is 0 Å². The molecule has 0 spiro atoms. The second-order valence-electron chi connectivity index (χ2n) is 6.32. The Morgan fingerprint density at radius 3 is 2.78 bits per heavy atom. The number of aromatic nitrogens is 3. The van der Waals surface area contributed by atoms with E-state index in [-0.39, 0.29) is 22.7 Å². The number of amides is 1. The molecule has 3 rings (SSSR count). The highest BCUT2D eigenvalue weighted by molar-refractivity contribution is 6.34. The number of pyridine rings is 1. The van der Waals surface area contributed by atoms with Gasteiger partial charge in [-0.1, -0.05) is 23.2 Å². The van der Waals surface area contributed by atoms with Crippen molar-refractivity contribution in [3.05, 3.63) is 46.2 Å². The minimum atomic E-state index is -0.188. The molecule has 0 saturated carbocycles. The van der Waals surface area contributed by atoms with Crippen molar-refractivity contribution in [3.63, 3.8) is 0 Å². The molecule has 0 aliphatic carbocycles. The topological polar surface area (TPSA) is 69.5 Å². The zero-order chi connectivity index (χ0) is 19.2. The minimum absolute atomic E-state index is 0.188. The van der Waals surface area contributed by atoms with Crippen LogP contribution in [0, 0.1) is 0 Å². The van der Waals surface area contributed by atoms with Crippen LogP contribution in [-0.2, 0) is 16.2 Å². The van der Waals surface area contributed by atoms with Crippen molar-refractivity contribution in [2.24, 2.45) is 0 Å². The van der Waals surface area contributed by atoms with E-state index in [4.69, 9.17) is 32.7 Å². The second-order valence-corrected chi connectivity index (χ2v) is 7.11. The number of imidazole rings is 1. The zero-order valence-corrected chi connectivity index (χ0v) is 16.6. The van der Waals surface area contributed by atoms with Crippen LogP contribution in [0.3, 0.4) is 0 Å². The highest BCUT2D eigenvalue weighted by Crippen LogP contribution is 2.28. The Balaban J connectivity index is 1.58. The standard InChI is InChI=1S/C18H22Cl2N4O3/c1-26-10-11-27-12-24-9-6-21-17(24)13-4-7-23(8-5-13)18(25)16-14(19)2-3-15(20)22-16/h2-3,6,9,13H,4-5,7-8,10-12H2,1H3. The van der Waals surface area contributed by atoms with E-state index >= 15 is 0 Å². The molecule has 1 amide bonds. The van der Waals surface area contributed by atoms with Gasteiger partial charge in [-0.3, -0.25) is 4.79 Å². The highest BCUT2D eigenvalue weighted by Gasteiger charge is 2.28. The molecule has 0 aromatic carbocycles. The van der Waals surface area contributed by atoms with Gasteiger partial charge >= 0.3 is 0 Å². The Bertz CT molecular complexity index is 776. The average molecular weight is 413 g/mol. The van der Waals surface area contributed by atoms with Crippen LogP contribution in [0.5, 0.6) is 0 Å². The summed E-state index contributed by atoms with van der Waals surface area (Å²) >= 11 is 12.0. The number of hydrogen-bond donors (Lipinski definition) is 0. The average Bonchev–Trinajstić information content (AvgIpc) is 3.15. The maximum atomic E-state index is 12.7. The largest absolute Gasteiger partial charge is 0.382 e. The molecule has 0 bridgehead atoms. The van der Waals surface area contributed by atoms with Crippen molar-refractivity contribution in [3.8, 4) is 0 Å². The maximum absolute atomic E-state index is 12.7. The van der Waals surface area contributed by atoms with Crippen molar-refractivity contribution < 1.29 is 14.3 Å². The van der Waals surface area contributed by atoms with E-state index in [2.05, 4.69) is 9.97 Å². The van der Waals surface area contributed by atoms with Gasteiger partial charge < -0.3 is 18.9 Å². The number of methoxy groups -OCH3 is 1. The van der Waals surface area contributed by atoms with Crippen LogP contribution in [-0.4, -0.2) is 58.8 Å². The van der Waals surface area contributed by atoms with Crippen LogP contribution < -0.4 is 0 Å². The molecule has 1 saturated heterocycles. The third-order valence-electron chi connectivity index (χ3n) is 4.57. The first kappa shape index (κ1) is 20.1. The van der Waals surface area contributed by atoms with Crippen molar-refractivity contribution in [1.29, 1.82) is 0 Å². The molecule has 0 unspecified atom stereocenters. The molecular weight excluding hydrogens is 391 g/mol. The lowest BCUT2D eigenvalue weighted by atomic mass is 9.95. The quantitative estimate of drug-likeness (QED) is 0.515. The number of carbonyl (C=O) groups is 1. The molecule has 1 aliphatic rings. The molecule has 0 radical (unpaired) electrons. The van der Waals surface area contributed by atoms with Crippen LogP contribution in [0.2, 0.25) is 10.2 Å². The molecule has 9 heteroatoms. The number of nitrogens with zero attached hydrogens (tertiary/aromatic N) is 4. The summed E-state index contributed by atoms with van der Waals surface area (Å²) in [6.07, 6.45) is 5.33. The fourth-order valence-electron chi connectivity index (χ4n) is 3.15. The van der Waals surface area contributed by atoms with Gasteiger partial charge in [-0.25, -0.2) is 9.97 Å². The summed E-state index contributed by atoms with van der Waals surface area (Å²) in [4.78, 5) is 23.0. The SMILES string of the molecule is COCCOCn1ccnc1C1CCN(C(=O)c2nc(Cl)ccc2Cl)CC1. The summed E-state index contributed by atoms with van der Waals surface area (Å²) in [5.74, 6) is 1.07. The van der Waals surface area contributed by atoms with Crippen LogP contribution in [0.4, 0.5) is 0 Å². The summed E-state index contributed by atoms with van der Waals surface area (Å²) < 4.78 is 12.6. The summed E-state index contributed by atoms with van der Waals surface area (Å²) in [5, 5.41) is 0.573. The lowest BCUT2D eigenvalue weighted by Gasteiger charge is -2.32. The van der Waals surface area contributed by atoms with E-state index in [0.29, 0.717) is 38.1 Å². The third-order valence-corrected chi connectivity index (χ3v) is 5.09. The smallest absolute Gasteiger partial charge is 0.274 e. The minimum Gasteiger partial charge on any atom is -0.382 e. The highest BCUT2D eigenvalue weighted by atomic mass is 35.5. The predicted molar refractivity (Wildman–Crippen MR) is 102 cm³/mol. The Morgan fingerprint density at radius 2 is 2.04 bits per heavy atom. The van der Waals surface area contributed by atoms with Crippen LogP contribution >= 0.6 is 23.2 Å². The molecule has 27 heavy (non-hydrogen) atoms. The Morgan fingerprint density at radius 1 is 1.26 bits per heavy atom. The lowest BCUT2D eigenvalue weighted by molar-refractivity contribution is 0.0318. The number of halogens is 2. The zero-order valence-electron chi connectivity index (χ0n) is 15.1. The van der Waals surface area contributed by atoms with E-state index < -0.39 is 0 Å². The number of piperidine rings is 1. The Labute approximate surface area is 168 Å². The fourth-order valence-corrected chi connectivity index (χ4v) is 3.49. The van der Waals surface area contributed by atoms with E-state index in [1.807, 2.05) is 10.8 Å². The number of ether oxygens (including phenoxy) is 2. The van der Waals surface area contributed by atoms with Crippen LogP contribution in [0.25, 0.3) is 0 Å².